The molecule has 4 aromatic rings. The van der Waals surface area contributed by atoms with Crippen molar-refractivity contribution in [3.05, 3.63) is 59.2 Å². The molecule has 1 amide bonds. The Hall–Kier alpha value is -3.39. The van der Waals surface area contributed by atoms with E-state index >= 15 is 0 Å². The topological polar surface area (TPSA) is 85.0 Å². The monoisotopic (exact) mass is 391 g/mol. The van der Waals surface area contributed by atoms with E-state index in [4.69, 9.17) is 4.42 Å². The van der Waals surface area contributed by atoms with Gasteiger partial charge in [0.05, 0.1) is 23.0 Å². The van der Waals surface area contributed by atoms with E-state index in [9.17, 15) is 4.79 Å². The second-order valence-corrected chi connectivity index (χ2v) is 7.68. The van der Waals surface area contributed by atoms with Gasteiger partial charge in [0.2, 0.25) is 0 Å². The number of nitrogens with zero attached hydrogens (tertiary/aromatic N) is 5. The van der Waals surface area contributed by atoms with Crippen molar-refractivity contribution in [3.63, 3.8) is 0 Å². The number of thiophene rings is 1. The molecular formula is C20H17N5O2S. The molecule has 0 aliphatic carbocycles. The quantitative estimate of drug-likeness (QED) is 0.524. The number of carbonyl (C=O) groups excluding carboxylic acids is 1. The summed E-state index contributed by atoms with van der Waals surface area (Å²) in [6.07, 6.45) is 3.25. The van der Waals surface area contributed by atoms with Crippen molar-refractivity contribution in [2.75, 3.05) is 14.1 Å². The molecule has 0 saturated heterocycles. The number of carbonyl (C=O) groups is 1. The molecule has 0 radical (unpaired) electrons. The lowest BCUT2D eigenvalue weighted by atomic mass is 10.1. The zero-order valence-electron chi connectivity index (χ0n) is 15.6. The Bertz CT molecular complexity index is 1130. The number of benzene rings is 1. The summed E-state index contributed by atoms with van der Waals surface area (Å²) >= 11 is 1.59. The van der Waals surface area contributed by atoms with E-state index in [1.54, 1.807) is 50.0 Å². The largest absolute Gasteiger partial charge is 0.414 e. The van der Waals surface area contributed by atoms with Gasteiger partial charge in [-0.15, -0.1) is 21.5 Å². The lowest BCUT2D eigenvalue weighted by Gasteiger charge is -2.10. The average molecular weight is 391 g/mol. The standard InChI is InChI=1S/C20H17N5O2S/c1-12-4-9-17(28-12)19-24-23-18(27-19)16-11-21-10-15(22-16)13-5-7-14(8-6-13)20(26)25(2)3/h4-11H,1-3H3. The van der Waals surface area contributed by atoms with Crippen LogP contribution >= 0.6 is 11.3 Å². The van der Waals surface area contributed by atoms with Gasteiger partial charge in [-0.25, -0.2) is 4.98 Å². The maximum absolute atomic E-state index is 12.0. The van der Waals surface area contributed by atoms with E-state index in [0.717, 1.165) is 10.4 Å². The van der Waals surface area contributed by atoms with Gasteiger partial charge < -0.3 is 9.32 Å². The maximum Gasteiger partial charge on any atom is 0.268 e. The third-order valence-corrected chi connectivity index (χ3v) is 5.05. The third kappa shape index (κ3) is 3.54. The van der Waals surface area contributed by atoms with E-state index in [0.29, 0.717) is 28.7 Å². The van der Waals surface area contributed by atoms with Crippen molar-refractivity contribution in [3.8, 4) is 33.6 Å². The molecule has 0 fully saturated rings. The highest BCUT2D eigenvalue weighted by Gasteiger charge is 2.15. The summed E-state index contributed by atoms with van der Waals surface area (Å²) in [6.45, 7) is 2.03. The van der Waals surface area contributed by atoms with Crippen LogP contribution in [0.3, 0.4) is 0 Å². The van der Waals surface area contributed by atoms with Gasteiger partial charge in [0, 0.05) is 30.1 Å². The van der Waals surface area contributed by atoms with Gasteiger partial charge in [-0.1, -0.05) is 12.1 Å². The van der Waals surface area contributed by atoms with Crippen molar-refractivity contribution in [1.82, 2.24) is 25.1 Å². The van der Waals surface area contributed by atoms with Crippen molar-refractivity contribution in [1.29, 1.82) is 0 Å². The second-order valence-electron chi connectivity index (χ2n) is 6.39. The predicted molar refractivity (Wildman–Crippen MR) is 107 cm³/mol. The highest BCUT2D eigenvalue weighted by molar-refractivity contribution is 7.15. The Kier molecular flexibility index (Phi) is 4.70. The van der Waals surface area contributed by atoms with Crippen LogP contribution in [0.5, 0.6) is 0 Å². The molecule has 3 aromatic heterocycles. The molecule has 0 N–H and O–H groups in total. The van der Waals surface area contributed by atoms with Crippen LogP contribution in [-0.2, 0) is 0 Å². The first kappa shape index (κ1) is 18.0. The first-order chi connectivity index (χ1) is 13.5. The Labute approximate surface area is 165 Å². The van der Waals surface area contributed by atoms with Crippen LogP contribution < -0.4 is 0 Å². The Balaban J connectivity index is 1.62. The Morgan fingerprint density at radius 3 is 2.36 bits per heavy atom. The third-order valence-electron chi connectivity index (χ3n) is 4.06. The fraction of sp³-hybridized carbons (Fsp3) is 0.150. The lowest BCUT2D eigenvalue weighted by Crippen LogP contribution is -2.21. The summed E-state index contributed by atoms with van der Waals surface area (Å²) in [7, 11) is 3.45. The summed E-state index contributed by atoms with van der Waals surface area (Å²) < 4.78 is 5.77. The second kappa shape index (κ2) is 7.32. The average Bonchev–Trinajstić information content (AvgIpc) is 3.37. The van der Waals surface area contributed by atoms with Gasteiger partial charge in [-0.05, 0) is 31.2 Å². The lowest BCUT2D eigenvalue weighted by molar-refractivity contribution is 0.0827. The summed E-state index contributed by atoms with van der Waals surface area (Å²) in [5, 5.41) is 8.21. The molecule has 140 valence electrons. The summed E-state index contributed by atoms with van der Waals surface area (Å²) in [4.78, 5) is 24.5. The molecule has 7 nitrogen and oxygen atoms in total. The number of rotatable bonds is 4. The van der Waals surface area contributed by atoms with Crippen LogP contribution in [0, 0.1) is 6.92 Å². The maximum atomic E-state index is 12.0. The van der Waals surface area contributed by atoms with E-state index < -0.39 is 0 Å². The molecule has 0 bridgehead atoms. The number of amides is 1. The number of aryl methyl sites for hydroxylation is 1. The minimum atomic E-state index is -0.0476. The minimum Gasteiger partial charge on any atom is -0.414 e. The number of hydrogen-bond acceptors (Lipinski definition) is 7. The van der Waals surface area contributed by atoms with Gasteiger partial charge >= 0.3 is 0 Å². The summed E-state index contributed by atoms with van der Waals surface area (Å²) in [5.41, 5.74) is 2.62. The van der Waals surface area contributed by atoms with Crippen LogP contribution in [0.2, 0.25) is 0 Å². The summed E-state index contributed by atoms with van der Waals surface area (Å²) in [6, 6.07) is 11.2. The zero-order chi connectivity index (χ0) is 19.7. The van der Waals surface area contributed by atoms with Crippen LogP contribution in [-0.4, -0.2) is 45.1 Å². The molecular weight excluding hydrogens is 374 g/mol. The van der Waals surface area contributed by atoms with E-state index in [2.05, 4.69) is 20.2 Å². The van der Waals surface area contributed by atoms with Gasteiger partial charge in [0.15, 0.2) is 0 Å². The fourth-order valence-corrected chi connectivity index (χ4v) is 3.41. The van der Waals surface area contributed by atoms with Crippen LogP contribution in [0.25, 0.3) is 33.6 Å². The summed E-state index contributed by atoms with van der Waals surface area (Å²) in [5.74, 6) is 0.732. The van der Waals surface area contributed by atoms with Crippen molar-refractivity contribution in [2.24, 2.45) is 0 Å². The van der Waals surface area contributed by atoms with E-state index in [1.165, 1.54) is 9.78 Å². The highest BCUT2D eigenvalue weighted by atomic mass is 32.1. The molecule has 1 aromatic carbocycles. The molecule has 0 saturated carbocycles. The minimum absolute atomic E-state index is 0.0476. The van der Waals surface area contributed by atoms with E-state index in [-0.39, 0.29) is 5.91 Å². The van der Waals surface area contributed by atoms with Gasteiger partial charge in [-0.2, -0.15) is 0 Å². The molecule has 0 spiro atoms. The van der Waals surface area contributed by atoms with Crippen LogP contribution in [0.1, 0.15) is 15.2 Å². The van der Waals surface area contributed by atoms with Crippen LogP contribution in [0.4, 0.5) is 0 Å². The van der Waals surface area contributed by atoms with Crippen molar-refractivity contribution >= 4 is 17.2 Å². The first-order valence-electron chi connectivity index (χ1n) is 8.56. The molecule has 28 heavy (non-hydrogen) atoms. The number of aromatic nitrogens is 4. The molecule has 0 atom stereocenters. The molecule has 3 heterocycles. The molecule has 0 unspecified atom stereocenters. The van der Waals surface area contributed by atoms with Gasteiger partial charge in [0.25, 0.3) is 17.7 Å². The Morgan fingerprint density at radius 2 is 1.68 bits per heavy atom. The molecule has 4 rings (SSSR count). The molecule has 0 aliphatic heterocycles. The SMILES string of the molecule is Cc1ccc(-c2nnc(-c3cncc(-c4ccc(C(=O)N(C)C)cc4)n3)o2)s1. The van der Waals surface area contributed by atoms with Crippen molar-refractivity contribution in [2.45, 2.75) is 6.92 Å². The highest BCUT2D eigenvalue weighted by Crippen LogP contribution is 2.29. The Morgan fingerprint density at radius 1 is 0.964 bits per heavy atom. The fourth-order valence-electron chi connectivity index (χ4n) is 2.63. The normalized spacial score (nSPS) is 10.8. The molecule has 8 heteroatoms. The zero-order valence-corrected chi connectivity index (χ0v) is 16.4. The predicted octanol–water partition coefficient (Wildman–Crippen LogP) is 3.93. The molecule has 0 aliphatic rings. The first-order valence-corrected chi connectivity index (χ1v) is 9.38. The van der Waals surface area contributed by atoms with Crippen molar-refractivity contribution < 1.29 is 9.21 Å². The van der Waals surface area contributed by atoms with E-state index in [1.807, 2.05) is 31.2 Å². The van der Waals surface area contributed by atoms with Crippen LogP contribution in [0.15, 0.2) is 53.2 Å². The van der Waals surface area contributed by atoms with Gasteiger partial charge in [-0.3, -0.25) is 9.78 Å². The van der Waals surface area contributed by atoms with Gasteiger partial charge in [0.1, 0.15) is 5.69 Å². The number of hydrogen-bond donors (Lipinski definition) is 0. The smallest absolute Gasteiger partial charge is 0.268 e.